The number of barbiturate groups is 1. The van der Waals surface area contributed by atoms with Crippen LogP contribution >= 0.6 is 34.2 Å². The number of nitrogens with one attached hydrogen (secondary N) is 1. The molecule has 0 aromatic heterocycles. The molecule has 0 radical (unpaired) electrons. The number of nitro benzene ring substituents is 1. The molecule has 1 heterocycles. The van der Waals surface area contributed by atoms with Crippen molar-refractivity contribution < 1.29 is 24.0 Å². The lowest BCUT2D eigenvalue weighted by atomic mass is 10.1. The van der Waals surface area contributed by atoms with Crippen molar-refractivity contribution in [3.05, 3.63) is 102 Å². The molecule has 0 spiro atoms. The van der Waals surface area contributed by atoms with Gasteiger partial charge in [-0.15, -0.1) is 0 Å². The van der Waals surface area contributed by atoms with Gasteiger partial charge in [0.05, 0.1) is 14.2 Å². The predicted molar refractivity (Wildman–Crippen MR) is 137 cm³/mol. The number of nitrogens with zero attached hydrogens (tertiary/aromatic N) is 2. The number of carbonyl (C=O) groups excluding carboxylic acids is 3. The van der Waals surface area contributed by atoms with Gasteiger partial charge in [-0.3, -0.25) is 25.0 Å². The van der Waals surface area contributed by atoms with E-state index in [9.17, 15) is 24.5 Å². The number of hydrogen-bond acceptors (Lipinski definition) is 6. The van der Waals surface area contributed by atoms with Crippen LogP contribution in [0, 0.1) is 13.7 Å². The van der Waals surface area contributed by atoms with Crippen LogP contribution in [0.15, 0.2) is 72.3 Å². The third-order valence-electron chi connectivity index (χ3n) is 4.97. The zero-order valence-electron chi connectivity index (χ0n) is 17.7. The van der Waals surface area contributed by atoms with Crippen LogP contribution in [0.25, 0.3) is 6.08 Å². The quantitative estimate of drug-likeness (QED) is 0.138. The molecule has 4 rings (SSSR count). The third-order valence-corrected chi connectivity index (χ3v) is 6.06. The fourth-order valence-electron chi connectivity index (χ4n) is 3.29. The van der Waals surface area contributed by atoms with Gasteiger partial charge in [0.25, 0.3) is 17.5 Å². The van der Waals surface area contributed by atoms with Crippen LogP contribution in [0.2, 0.25) is 5.02 Å². The lowest BCUT2D eigenvalue weighted by Crippen LogP contribution is -2.54. The number of carbonyl (C=O) groups is 3. The number of halogens is 2. The Morgan fingerprint density at radius 2 is 1.80 bits per heavy atom. The van der Waals surface area contributed by atoms with E-state index in [2.05, 4.69) is 5.32 Å². The van der Waals surface area contributed by atoms with Crippen molar-refractivity contribution in [3.8, 4) is 5.75 Å². The summed E-state index contributed by atoms with van der Waals surface area (Å²) in [7, 11) is 0. The van der Waals surface area contributed by atoms with Crippen molar-refractivity contribution in [3.63, 3.8) is 0 Å². The molecular weight excluding hydrogens is 589 g/mol. The molecule has 1 aliphatic rings. The van der Waals surface area contributed by atoms with Crippen LogP contribution in [-0.2, 0) is 16.2 Å². The minimum Gasteiger partial charge on any atom is -0.488 e. The molecule has 9 nitrogen and oxygen atoms in total. The highest BCUT2D eigenvalue weighted by Crippen LogP contribution is 2.27. The first-order valence-electron chi connectivity index (χ1n) is 10.1. The maximum Gasteiger partial charge on any atom is 0.335 e. The van der Waals surface area contributed by atoms with Gasteiger partial charge in [0.2, 0.25) is 0 Å². The predicted octanol–water partition coefficient (Wildman–Crippen LogP) is 5.10. The average Bonchev–Trinajstić information content (AvgIpc) is 2.82. The van der Waals surface area contributed by atoms with Crippen molar-refractivity contribution in [2.45, 2.75) is 6.61 Å². The molecule has 0 unspecified atom stereocenters. The molecule has 0 bridgehead atoms. The van der Waals surface area contributed by atoms with E-state index in [-0.39, 0.29) is 23.6 Å². The molecule has 176 valence electrons. The number of non-ortho nitro benzene ring substituents is 1. The Hall–Kier alpha value is -3.77. The van der Waals surface area contributed by atoms with Crippen LogP contribution in [0.4, 0.5) is 16.2 Å². The standard InChI is InChI=1S/C24H15ClIN3O6/c25-16-5-7-17(8-6-16)28-23(31)19(22(30)27-24(28)32)11-14-4-9-21(20(26)12-14)35-13-15-2-1-3-18(10-15)29(33)34/h1-12H,13H2,(H,27,30,32)/b19-11+. The molecule has 1 fully saturated rings. The van der Waals surface area contributed by atoms with Crippen LogP contribution in [-0.4, -0.2) is 22.8 Å². The van der Waals surface area contributed by atoms with Gasteiger partial charge < -0.3 is 4.74 Å². The summed E-state index contributed by atoms with van der Waals surface area (Å²) >= 11 is 7.92. The van der Waals surface area contributed by atoms with Crippen LogP contribution in [0.5, 0.6) is 5.75 Å². The van der Waals surface area contributed by atoms with Crippen LogP contribution in [0.3, 0.4) is 0 Å². The number of nitro groups is 1. The first kappa shape index (κ1) is 24.4. The van der Waals surface area contributed by atoms with Gasteiger partial charge in [0, 0.05) is 17.2 Å². The molecule has 4 amide bonds. The summed E-state index contributed by atoms with van der Waals surface area (Å²) in [5, 5.41) is 13.5. The van der Waals surface area contributed by atoms with Crippen molar-refractivity contribution in [1.29, 1.82) is 0 Å². The van der Waals surface area contributed by atoms with Gasteiger partial charge in [0.15, 0.2) is 0 Å². The Bertz CT molecular complexity index is 1390. The number of ether oxygens (including phenoxy) is 1. The van der Waals surface area contributed by atoms with E-state index < -0.39 is 22.8 Å². The average molecular weight is 604 g/mol. The van der Waals surface area contributed by atoms with Gasteiger partial charge in [0.1, 0.15) is 17.9 Å². The van der Waals surface area contributed by atoms with Crippen LogP contribution in [0.1, 0.15) is 11.1 Å². The summed E-state index contributed by atoms with van der Waals surface area (Å²) in [6.45, 7) is 0.122. The second-order valence-electron chi connectivity index (χ2n) is 7.34. The maximum atomic E-state index is 13.0. The molecule has 1 saturated heterocycles. The summed E-state index contributed by atoms with van der Waals surface area (Å²) in [4.78, 5) is 49.0. The SMILES string of the molecule is O=C1NC(=O)N(c2ccc(Cl)cc2)C(=O)/C1=C/c1ccc(OCc2cccc([N+](=O)[O-])c2)c(I)c1. The fourth-order valence-corrected chi connectivity index (χ4v) is 4.11. The highest BCUT2D eigenvalue weighted by molar-refractivity contribution is 14.1. The summed E-state index contributed by atoms with van der Waals surface area (Å²) in [5.74, 6) is -1.04. The van der Waals surface area contributed by atoms with E-state index >= 15 is 0 Å². The lowest BCUT2D eigenvalue weighted by molar-refractivity contribution is -0.384. The summed E-state index contributed by atoms with van der Waals surface area (Å²) in [5.41, 5.74) is 1.22. The minimum atomic E-state index is -0.848. The Morgan fingerprint density at radius 1 is 1.06 bits per heavy atom. The first-order chi connectivity index (χ1) is 16.7. The van der Waals surface area contributed by atoms with E-state index in [0.717, 1.165) is 4.90 Å². The molecule has 0 saturated carbocycles. The van der Waals surface area contributed by atoms with Crippen LogP contribution < -0.4 is 15.0 Å². The molecule has 0 aliphatic carbocycles. The zero-order valence-corrected chi connectivity index (χ0v) is 20.6. The van der Waals surface area contributed by atoms with E-state index in [1.807, 2.05) is 22.6 Å². The van der Waals surface area contributed by atoms with Crippen molar-refractivity contribution >= 4 is 69.5 Å². The molecule has 3 aromatic rings. The molecule has 35 heavy (non-hydrogen) atoms. The Kier molecular flexibility index (Phi) is 7.12. The van der Waals surface area contributed by atoms with Gasteiger partial charge >= 0.3 is 6.03 Å². The number of anilines is 1. The molecular formula is C24H15ClIN3O6. The Morgan fingerprint density at radius 3 is 2.49 bits per heavy atom. The molecule has 1 aliphatic heterocycles. The number of hydrogen-bond donors (Lipinski definition) is 1. The van der Waals surface area contributed by atoms with E-state index in [1.165, 1.54) is 42.5 Å². The number of rotatable bonds is 6. The normalized spacial score (nSPS) is 14.7. The molecule has 11 heteroatoms. The Labute approximate surface area is 217 Å². The largest absolute Gasteiger partial charge is 0.488 e. The second-order valence-corrected chi connectivity index (χ2v) is 8.94. The highest BCUT2D eigenvalue weighted by Gasteiger charge is 2.36. The number of imide groups is 2. The smallest absolute Gasteiger partial charge is 0.335 e. The topological polar surface area (TPSA) is 119 Å². The highest BCUT2D eigenvalue weighted by atomic mass is 127. The zero-order chi connectivity index (χ0) is 25.1. The summed E-state index contributed by atoms with van der Waals surface area (Å²) < 4.78 is 6.47. The van der Waals surface area contributed by atoms with Gasteiger partial charge in [-0.1, -0.05) is 29.8 Å². The minimum absolute atomic E-state index is 0.0238. The van der Waals surface area contributed by atoms with Gasteiger partial charge in [-0.2, -0.15) is 0 Å². The van der Waals surface area contributed by atoms with Gasteiger partial charge in [-0.05, 0) is 76.2 Å². The summed E-state index contributed by atoms with van der Waals surface area (Å²) in [6.07, 6.45) is 1.39. The Balaban J connectivity index is 1.54. The molecule has 3 aromatic carbocycles. The fraction of sp³-hybridized carbons (Fsp3) is 0.0417. The van der Waals surface area contributed by atoms with E-state index in [1.54, 1.807) is 30.3 Å². The number of urea groups is 1. The van der Waals surface area contributed by atoms with E-state index in [0.29, 0.717) is 25.5 Å². The van der Waals surface area contributed by atoms with E-state index in [4.69, 9.17) is 16.3 Å². The number of benzene rings is 3. The van der Waals surface area contributed by atoms with Gasteiger partial charge in [-0.25, -0.2) is 9.69 Å². The molecule has 1 N–H and O–H groups in total. The maximum absolute atomic E-state index is 13.0. The monoisotopic (exact) mass is 603 g/mol. The number of amides is 4. The van der Waals surface area contributed by atoms with Crippen molar-refractivity contribution in [2.24, 2.45) is 0 Å². The molecule has 0 atom stereocenters. The lowest BCUT2D eigenvalue weighted by Gasteiger charge is -2.26. The third kappa shape index (κ3) is 5.49. The van der Waals surface area contributed by atoms with Crippen molar-refractivity contribution in [1.82, 2.24) is 5.32 Å². The summed E-state index contributed by atoms with van der Waals surface area (Å²) in [6, 6.07) is 16.4. The second kappa shape index (κ2) is 10.2. The first-order valence-corrected chi connectivity index (χ1v) is 11.5. The van der Waals surface area contributed by atoms with Crippen molar-refractivity contribution in [2.75, 3.05) is 4.90 Å².